The van der Waals surface area contributed by atoms with Crippen molar-refractivity contribution in [3.8, 4) is 0 Å². The van der Waals surface area contributed by atoms with Gasteiger partial charge in [0, 0.05) is 18.6 Å². The second kappa shape index (κ2) is 6.27. The number of benzene rings is 1. The van der Waals surface area contributed by atoms with Crippen LogP contribution in [0.1, 0.15) is 45.7 Å². The molecule has 3 heteroatoms. The Morgan fingerprint density at radius 3 is 2.35 bits per heavy atom. The Labute approximate surface area is 110 Å². The molecule has 2 N–H and O–H groups in total. The van der Waals surface area contributed by atoms with Gasteiger partial charge in [0.05, 0.1) is 10.7 Å². The van der Waals surface area contributed by atoms with Crippen LogP contribution in [0, 0.1) is 0 Å². The molecule has 0 aliphatic carbocycles. The molecule has 1 unspecified atom stereocenters. The van der Waals surface area contributed by atoms with Gasteiger partial charge in [-0.1, -0.05) is 24.6 Å². The Balaban J connectivity index is 3.05. The summed E-state index contributed by atoms with van der Waals surface area (Å²) in [6.07, 6.45) is 1.11. The van der Waals surface area contributed by atoms with Crippen molar-refractivity contribution >= 4 is 17.3 Å². The van der Waals surface area contributed by atoms with Crippen LogP contribution in [-0.4, -0.2) is 12.6 Å². The van der Waals surface area contributed by atoms with Crippen LogP contribution in [0.15, 0.2) is 18.2 Å². The van der Waals surface area contributed by atoms with Crippen LogP contribution in [-0.2, 0) is 0 Å². The Morgan fingerprint density at radius 2 is 1.94 bits per heavy atom. The summed E-state index contributed by atoms with van der Waals surface area (Å²) in [6.45, 7) is 9.50. The fourth-order valence-electron chi connectivity index (χ4n) is 1.98. The minimum absolute atomic E-state index is 0.0280. The highest BCUT2D eigenvalue weighted by atomic mass is 35.5. The smallest absolute Gasteiger partial charge is 0.0642 e. The van der Waals surface area contributed by atoms with Crippen LogP contribution in [0.5, 0.6) is 0 Å². The zero-order chi connectivity index (χ0) is 13.0. The van der Waals surface area contributed by atoms with Gasteiger partial charge in [-0.15, -0.1) is 0 Å². The topological polar surface area (TPSA) is 29.3 Å². The highest BCUT2D eigenvalue weighted by molar-refractivity contribution is 6.33. The maximum absolute atomic E-state index is 6.35. The van der Waals surface area contributed by atoms with Crippen LogP contribution in [0.2, 0.25) is 5.02 Å². The molecular weight excluding hydrogens is 232 g/mol. The molecule has 0 saturated heterocycles. The van der Waals surface area contributed by atoms with Gasteiger partial charge in [0.25, 0.3) is 0 Å². The molecule has 2 nitrogen and oxygen atoms in total. The SMILES string of the molecule is CCC(C)N(CC)c1ccc([C@@H](C)N)cc1Cl. The van der Waals surface area contributed by atoms with Crippen LogP contribution >= 0.6 is 11.6 Å². The summed E-state index contributed by atoms with van der Waals surface area (Å²) < 4.78 is 0. The maximum Gasteiger partial charge on any atom is 0.0642 e. The van der Waals surface area contributed by atoms with Gasteiger partial charge in [-0.3, -0.25) is 0 Å². The second-order valence-corrected chi connectivity index (χ2v) is 4.95. The summed E-state index contributed by atoms with van der Waals surface area (Å²) in [6, 6.07) is 6.65. The van der Waals surface area contributed by atoms with E-state index in [2.05, 4.69) is 37.8 Å². The number of nitrogens with zero attached hydrogens (tertiary/aromatic N) is 1. The standard InChI is InChI=1S/C14H23ClN2/c1-5-10(3)17(6-2)14-8-7-12(11(4)16)9-13(14)15/h7-11H,5-6,16H2,1-4H3/t10?,11-/m1/s1. The van der Waals surface area contributed by atoms with Gasteiger partial charge in [0.15, 0.2) is 0 Å². The van der Waals surface area contributed by atoms with E-state index < -0.39 is 0 Å². The summed E-state index contributed by atoms with van der Waals surface area (Å²) in [7, 11) is 0. The summed E-state index contributed by atoms with van der Waals surface area (Å²) >= 11 is 6.35. The average molecular weight is 255 g/mol. The molecule has 2 atom stereocenters. The molecule has 96 valence electrons. The minimum Gasteiger partial charge on any atom is -0.368 e. The Morgan fingerprint density at radius 1 is 1.29 bits per heavy atom. The van der Waals surface area contributed by atoms with Gasteiger partial charge in [-0.25, -0.2) is 0 Å². The summed E-state index contributed by atoms with van der Waals surface area (Å²) in [4.78, 5) is 2.33. The van der Waals surface area contributed by atoms with Crippen LogP contribution < -0.4 is 10.6 Å². The third-order valence-electron chi connectivity index (χ3n) is 3.27. The zero-order valence-electron chi connectivity index (χ0n) is 11.2. The zero-order valence-corrected chi connectivity index (χ0v) is 12.0. The first kappa shape index (κ1) is 14.3. The number of hydrogen-bond donors (Lipinski definition) is 1. The number of anilines is 1. The van der Waals surface area contributed by atoms with Gasteiger partial charge in [-0.2, -0.15) is 0 Å². The normalized spacial score (nSPS) is 14.5. The minimum atomic E-state index is 0.0280. The van der Waals surface area contributed by atoms with E-state index in [9.17, 15) is 0 Å². The van der Waals surface area contributed by atoms with E-state index in [0.29, 0.717) is 6.04 Å². The monoisotopic (exact) mass is 254 g/mol. The molecule has 0 aromatic heterocycles. The molecule has 0 heterocycles. The van der Waals surface area contributed by atoms with E-state index in [1.54, 1.807) is 0 Å². The number of hydrogen-bond acceptors (Lipinski definition) is 2. The maximum atomic E-state index is 6.35. The fourth-order valence-corrected chi connectivity index (χ4v) is 2.28. The molecule has 0 spiro atoms. The first-order valence-electron chi connectivity index (χ1n) is 6.32. The van der Waals surface area contributed by atoms with Crippen molar-refractivity contribution in [3.05, 3.63) is 28.8 Å². The predicted octanol–water partition coefficient (Wildman–Crippen LogP) is 3.98. The lowest BCUT2D eigenvalue weighted by atomic mass is 10.1. The molecule has 0 aliphatic heterocycles. The van der Waals surface area contributed by atoms with Crippen molar-refractivity contribution in [2.75, 3.05) is 11.4 Å². The third-order valence-corrected chi connectivity index (χ3v) is 3.57. The Bertz CT molecular complexity index is 363. The summed E-state index contributed by atoms with van der Waals surface area (Å²) in [5.74, 6) is 0. The molecule has 1 rings (SSSR count). The van der Waals surface area contributed by atoms with Crippen molar-refractivity contribution in [1.29, 1.82) is 0 Å². The van der Waals surface area contributed by atoms with Crippen LogP contribution in [0.25, 0.3) is 0 Å². The first-order valence-corrected chi connectivity index (χ1v) is 6.70. The quantitative estimate of drug-likeness (QED) is 0.861. The van der Waals surface area contributed by atoms with Gasteiger partial charge < -0.3 is 10.6 Å². The van der Waals surface area contributed by atoms with Gasteiger partial charge in [0.1, 0.15) is 0 Å². The summed E-state index contributed by atoms with van der Waals surface area (Å²) in [5.41, 5.74) is 8.04. The third kappa shape index (κ3) is 3.36. The first-order chi connectivity index (χ1) is 8.01. The molecule has 17 heavy (non-hydrogen) atoms. The number of rotatable bonds is 5. The van der Waals surface area contributed by atoms with Gasteiger partial charge in [0.2, 0.25) is 0 Å². The molecule has 0 saturated carbocycles. The van der Waals surface area contributed by atoms with Crippen LogP contribution in [0.4, 0.5) is 5.69 Å². The lowest BCUT2D eigenvalue weighted by Gasteiger charge is -2.30. The second-order valence-electron chi connectivity index (χ2n) is 4.54. The van der Waals surface area contributed by atoms with Crippen molar-refractivity contribution in [2.45, 2.75) is 46.2 Å². The molecule has 1 aromatic carbocycles. The molecular formula is C14H23ClN2. The predicted molar refractivity (Wildman–Crippen MR) is 76.8 cm³/mol. The van der Waals surface area contributed by atoms with E-state index in [1.165, 1.54) is 0 Å². The Hall–Kier alpha value is -0.730. The highest BCUT2D eigenvalue weighted by Crippen LogP contribution is 2.30. The highest BCUT2D eigenvalue weighted by Gasteiger charge is 2.14. The molecule has 0 radical (unpaired) electrons. The van der Waals surface area contributed by atoms with E-state index >= 15 is 0 Å². The van der Waals surface area contributed by atoms with E-state index in [-0.39, 0.29) is 6.04 Å². The van der Waals surface area contributed by atoms with E-state index in [0.717, 1.165) is 29.2 Å². The lowest BCUT2D eigenvalue weighted by Crippen LogP contribution is -2.32. The van der Waals surface area contributed by atoms with Crippen molar-refractivity contribution in [2.24, 2.45) is 5.73 Å². The largest absolute Gasteiger partial charge is 0.368 e. The van der Waals surface area contributed by atoms with E-state index in [1.807, 2.05) is 13.0 Å². The van der Waals surface area contributed by atoms with Crippen LogP contribution in [0.3, 0.4) is 0 Å². The van der Waals surface area contributed by atoms with Crippen molar-refractivity contribution in [1.82, 2.24) is 0 Å². The molecule has 1 aromatic rings. The van der Waals surface area contributed by atoms with Gasteiger partial charge >= 0.3 is 0 Å². The molecule has 0 fully saturated rings. The van der Waals surface area contributed by atoms with Gasteiger partial charge in [-0.05, 0) is 44.9 Å². The van der Waals surface area contributed by atoms with Crippen molar-refractivity contribution < 1.29 is 0 Å². The number of halogens is 1. The number of nitrogens with two attached hydrogens (primary N) is 1. The molecule has 0 amide bonds. The average Bonchev–Trinajstić information content (AvgIpc) is 2.31. The van der Waals surface area contributed by atoms with E-state index in [4.69, 9.17) is 17.3 Å². The Kier molecular flexibility index (Phi) is 5.29. The summed E-state index contributed by atoms with van der Waals surface area (Å²) in [5, 5.41) is 0.793. The lowest BCUT2D eigenvalue weighted by molar-refractivity contribution is 0.630. The van der Waals surface area contributed by atoms with Crippen molar-refractivity contribution in [3.63, 3.8) is 0 Å². The fraction of sp³-hybridized carbons (Fsp3) is 0.571. The molecule has 0 aliphatic rings. The molecule has 0 bridgehead atoms.